The maximum absolute atomic E-state index is 13.0. The topological polar surface area (TPSA) is 147 Å². The lowest BCUT2D eigenvalue weighted by molar-refractivity contribution is -0.142. The summed E-state index contributed by atoms with van der Waals surface area (Å²) in [6.07, 6.45) is -1.53. The van der Waals surface area contributed by atoms with Crippen molar-refractivity contribution in [3.63, 3.8) is 0 Å². The number of hydrogen-bond acceptors (Lipinski definition) is 10. The molecule has 1 aliphatic heterocycles. The van der Waals surface area contributed by atoms with Crippen LogP contribution in [0.15, 0.2) is 30.3 Å². The van der Waals surface area contributed by atoms with E-state index in [-0.39, 0.29) is 44.0 Å². The molecule has 0 saturated carbocycles. The standard InChI is InChI=1S/C26H39N2O10P/c1-6-28(7-2)24(31)20(16-19-12-9-8-10-13-19)27-25(32)35-18-37-39(33)36-17-26(3,4)23(38-39)21(29)14-11-15-22(30)34-5/h8-10,12-13,20,23H,6-7,11,14-18H2,1-5H3,(H,27,32)/t20-,23-,39?/m0/s1. The van der Waals surface area contributed by atoms with Crippen LogP contribution < -0.4 is 5.32 Å². The molecule has 39 heavy (non-hydrogen) atoms. The van der Waals surface area contributed by atoms with E-state index in [0.29, 0.717) is 13.1 Å². The summed E-state index contributed by atoms with van der Waals surface area (Å²) in [7, 11) is -2.98. The van der Waals surface area contributed by atoms with Crippen molar-refractivity contribution < 1.29 is 46.8 Å². The number of methoxy groups -OCH3 is 1. The highest BCUT2D eigenvalue weighted by Crippen LogP contribution is 2.57. The first kappa shape index (κ1) is 32.4. The molecule has 1 aromatic carbocycles. The summed E-state index contributed by atoms with van der Waals surface area (Å²) < 4.78 is 38.5. The molecule has 0 bridgehead atoms. The van der Waals surface area contributed by atoms with Crippen molar-refractivity contribution in [2.45, 2.75) is 65.5 Å². The van der Waals surface area contributed by atoms with Crippen LogP contribution in [0.25, 0.3) is 0 Å². The lowest BCUT2D eigenvalue weighted by Crippen LogP contribution is -2.50. The van der Waals surface area contributed by atoms with Crippen molar-refractivity contribution >= 4 is 31.6 Å². The number of Topliss-reactive ketones (excluding diaryl/α,β-unsaturated/α-hetero) is 1. The molecular formula is C26H39N2O10P. The average molecular weight is 571 g/mol. The van der Waals surface area contributed by atoms with Crippen molar-refractivity contribution in [3.05, 3.63) is 35.9 Å². The fourth-order valence-corrected chi connectivity index (χ4v) is 5.49. The van der Waals surface area contributed by atoms with Gasteiger partial charge in [0.15, 0.2) is 5.78 Å². The highest BCUT2D eigenvalue weighted by molar-refractivity contribution is 7.48. The Morgan fingerprint density at radius 2 is 1.79 bits per heavy atom. The number of alkyl carbamates (subject to hydrolysis) is 1. The van der Waals surface area contributed by atoms with Crippen LogP contribution in [-0.4, -0.2) is 74.4 Å². The molecule has 1 saturated heterocycles. The minimum atomic E-state index is -4.24. The van der Waals surface area contributed by atoms with Gasteiger partial charge in [0, 0.05) is 37.8 Å². The van der Waals surface area contributed by atoms with E-state index < -0.39 is 44.2 Å². The summed E-state index contributed by atoms with van der Waals surface area (Å²) in [6.45, 7) is 7.13. The van der Waals surface area contributed by atoms with Crippen molar-refractivity contribution in [1.29, 1.82) is 0 Å². The minimum Gasteiger partial charge on any atom is -0.469 e. The van der Waals surface area contributed by atoms with Gasteiger partial charge in [-0.3, -0.25) is 23.4 Å². The number of carbonyl (C=O) groups is 4. The number of carbonyl (C=O) groups excluding carboxylic acids is 4. The Morgan fingerprint density at radius 1 is 1.13 bits per heavy atom. The van der Waals surface area contributed by atoms with E-state index in [1.54, 1.807) is 18.7 Å². The summed E-state index contributed by atoms with van der Waals surface area (Å²) in [5.74, 6) is -1.08. The van der Waals surface area contributed by atoms with E-state index in [1.807, 2.05) is 44.2 Å². The van der Waals surface area contributed by atoms with Crippen LogP contribution in [0.1, 0.15) is 52.5 Å². The molecule has 1 unspecified atom stereocenters. The van der Waals surface area contributed by atoms with Gasteiger partial charge in [0.25, 0.3) is 0 Å². The fraction of sp³-hybridized carbons (Fsp3) is 0.615. The number of benzene rings is 1. The Bertz CT molecular complexity index is 1030. The second kappa shape index (κ2) is 15.1. The Morgan fingerprint density at radius 3 is 2.41 bits per heavy atom. The molecule has 1 N–H and O–H groups in total. The van der Waals surface area contributed by atoms with Crippen molar-refractivity contribution in [2.75, 3.05) is 33.6 Å². The first-order valence-corrected chi connectivity index (χ1v) is 14.3. The number of ketones is 1. The van der Waals surface area contributed by atoms with Crippen LogP contribution in [0.5, 0.6) is 0 Å². The average Bonchev–Trinajstić information content (AvgIpc) is 2.91. The van der Waals surface area contributed by atoms with E-state index >= 15 is 0 Å². The van der Waals surface area contributed by atoms with Gasteiger partial charge in [-0.25, -0.2) is 13.9 Å². The molecule has 0 spiro atoms. The second-order valence-corrected chi connectivity index (χ2v) is 11.3. The number of phosphoric acid groups is 1. The van der Waals surface area contributed by atoms with Gasteiger partial charge < -0.3 is 19.7 Å². The molecule has 3 atom stereocenters. The molecule has 12 nitrogen and oxygen atoms in total. The molecule has 1 aliphatic rings. The Labute approximate surface area is 229 Å². The zero-order valence-electron chi connectivity index (χ0n) is 23.2. The van der Waals surface area contributed by atoms with Crippen LogP contribution in [0.2, 0.25) is 0 Å². The summed E-state index contributed by atoms with van der Waals surface area (Å²) in [5, 5.41) is 2.55. The largest absolute Gasteiger partial charge is 0.478 e. The minimum absolute atomic E-state index is 0.00543. The van der Waals surface area contributed by atoms with Crippen LogP contribution in [0, 0.1) is 5.41 Å². The van der Waals surface area contributed by atoms with Gasteiger partial charge in [-0.2, -0.15) is 0 Å². The summed E-state index contributed by atoms with van der Waals surface area (Å²) >= 11 is 0. The van der Waals surface area contributed by atoms with Crippen LogP contribution >= 0.6 is 7.82 Å². The third-order valence-corrected chi connectivity index (χ3v) is 7.55. The smallest absolute Gasteiger partial charge is 0.469 e. The molecule has 13 heteroatoms. The zero-order chi connectivity index (χ0) is 29.1. The van der Waals surface area contributed by atoms with Crippen molar-refractivity contribution in [1.82, 2.24) is 10.2 Å². The fourth-order valence-electron chi connectivity index (χ4n) is 3.96. The van der Waals surface area contributed by atoms with Crippen molar-refractivity contribution in [2.24, 2.45) is 5.41 Å². The van der Waals surface area contributed by atoms with Crippen LogP contribution in [0.3, 0.4) is 0 Å². The maximum Gasteiger partial charge on any atom is 0.478 e. The van der Waals surface area contributed by atoms with Gasteiger partial charge in [0.05, 0.1) is 13.7 Å². The Hall–Kier alpha value is -2.79. The molecule has 0 aliphatic carbocycles. The number of nitrogens with zero attached hydrogens (tertiary/aromatic N) is 1. The van der Waals surface area contributed by atoms with Gasteiger partial charge in [0.1, 0.15) is 12.1 Å². The number of amides is 2. The van der Waals surface area contributed by atoms with Gasteiger partial charge >= 0.3 is 19.9 Å². The summed E-state index contributed by atoms with van der Waals surface area (Å²) in [5.41, 5.74) is 0.0331. The molecule has 2 amide bonds. The second-order valence-electron chi connectivity index (χ2n) is 9.67. The number of hydrogen-bond donors (Lipinski definition) is 1. The van der Waals surface area contributed by atoms with E-state index in [4.69, 9.17) is 18.3 Å². The Kier molecular flexibility index (Phi) is 12.6. The molecule has 218 valence electrons. The van der Waals surface area contributed by atoms with Crippen molar-refractivity contribution in [3.8, 4) is 0 Å². The molecule has 0 radical (unpaired) electrons. The van der Waals surface area contributed by atoms with Gasteiger partial charge in [0.2, 0.25) is 12.7 Å². The molecule has 1 heterocycles. The quantitative estimate of drug-likeness (QED) is 0.200. The predicted octanol–water partition coefficient (Wildman–Crippen LogP) is 3.63. The number of esters is 1. The molecular weight excluding hydrogens is 531 g/mol. The molecule has 2 rings (SSSR count). The number of likely N-dealkylation sites (N-methyl/N-ethyl adjacent to an activating group) is 1. The van der Waals surface area contributed by atoms with Gasteiger partial charge in [-0.1, -0.05) is 44.2 Å². The highest BCUT2D eigenvalue weighted by Gasteiger charge is 2.48. The van der Waals surface area contributed by atoms with E-state index in [1.165, 1.54) is 7.11 Å². The van der Waals surface area contributed by atoms with Crippen LogP contribution in [-0.2, 0) is 48.4 Å². The monoisotopic (exact) mass is 570 g/mol. The SMILES string of the molecule is CCN(CC)C(=O)[C@H](Cc1ccccc1)NC(=O)OCOP1(=O)OCC(C)(C)[C@H](C(=O)CCCC(=O)OC)O1. The number of nitrogens with one attached hydrogen (secondary N) is 1. The normalized spacial score (nSPS) is 20.9. The van der Waals surface area contributed by atoms with Gasteiger partial charge in [-0.05, 0) is 25.8 Å². The molecule has 1 fully saturated rings. The zero-order valence-corrected chi connectivity index (χ0v) is 24.1. The first-order chi connectivity index (χ1) is 18.4. The third-order valence-electron chi connectivity index (χ3n) is 6.21. The van der Waals surface area contributed by atoms with Crippen LogP contribution in [0.4, 0.5) is 4.79 Å². The first-order valence-electron chi connectivity index (χ1n) is 12.9. The van der Waals surface area contributed by atoms with Gasteiger partial charge in [-0.15, -0.1) is 0 Å². The summed E-state index contributed by atoms with van der Waals surface area (Å²) in [6, 6.07) is 8.31. The molecule has 1 aromatic rings. The lowest BCUT2D eigenvalue weighted by Gasteiger charge is -2.39. The predicted molar refractivity (Wildman–Crippen MR) is 141 cm³/mol. The highest BCUT2D eigenvalue weighted by atomic mass is 31.2. The number of phosphoric ester groups is 1. The Balaban J connectivity index is 1.96. The molecule has 0 aromatic heterocycles. The van der Waals surface area contributed by atoms with E-state index in [9.17, 15) is 23.7 Å². The lowest BCUT2D eigenvalue weighted by atomic mass is 9.84. The van der Waals surface area contributed by atoms with E-state index in [2.05, 4.69) is 10.1 Å². The maximum atomic E-state index is 13.0. The third kappa shape index (κ3) is 10.0. The number of rotatable bonds is 14. The number of ether oxygens (including phenoxy) is 2. The van der Waals surface area contributed by atoms with E-state index in [0.717, 1.165) is 5.56 Å². The summed E-state index contributed by atoms with van der Waals surface area (Å²) in [4.78, 5) is 51.2.